The van der Waals surface area contributed by atoms with Crippen LogP contribution in [0.4, 0.5) is 5.69 Å². The molecular weight excluding hydrogens is 490 g/mol. The maximum atomic E-state index is 13.7. The Bertz CT molecular complexity index is 1250. The Morgan fingerprint density at radius 1 is 1.00 bits per heavy atom. The Labute approximate surface area is 218 Å². The first-order valence-corrected chi connectivity index (χ1v) is 14.5. The zero-order valence-corrected chi connectivity index (χ0v) is 22.2. The summed E-state index contributed by atoms with van der Waals surface area (Å²) in [6, 6.07) is 12.8. The van der Waals surface area contributed by atoms with E-state index in [9.17, 15) is 22.8 Å². The number of carbonyl (C=O) groups is 3. The molecule has 1 atom stereocenters. The predicted octanol–water partition coefficient (Wildman–Crippen LogP) is 3.74. The number of amides is 3. The van der Waals surface area contributed by atoms with Gasteiger partial charge in [-0.3, -0.25) is 14.4 Å². The van der Waals surface area contributed by atoms with Crippen LogP contribution in [0.15, 0.2) is 53.4 Å². The highest BCUT2D eigenvalue weighted by molar-refractivity contribution is 7.89. The van der Waals surface area contributed by atoms with Crippen LogP contribution in [-0.4, -0.2) is 43.6 Å². The van der Waals surface area contributed by atoms with Gasteiger partial charge in [-0.25, -0.2) is 18.5 Å². The van der Waals surface area contributed by atoms with Gasteiger partial charge < -0.3 is 4.90 Å². The van der Waals surface area contributed by atoms with Crippen molar-refractivity contribution in [1.29, 1.82) is 0 Å². The third-order valence-corrected chi connectivity index (χ3v) is 8.38. The Morgan fingerprint density at radius 2 is 1.62 bits per heavy atom. The van der Waals surface area contributed by atoms with Gasteiger partial charge in [0, 0.05) is 12.5 Å². The molecule has 1 saturated carbocycles. The Balaban J connectivity index is 1.56. The second-order valence-corrected chi connectivity index (χ2v) is 11.9. The van der Waals surface area contributed by atoms with Crippen LogP contribution in [0.1, 0.15) is 69.4 Å². The summed E-state index contributed by atoms with van der Waals surface area (Å²) in [4.78, 5) is 43.0. The normalized spacial score (nSPS) is 19.0. The minimum absolute atomic E-state index is 0.0158. The summed E-state index contributed by atoms with van der Waals surface area (Å²) in [6.45, 7) is 4.41. The quantitative estimate of drug-likeness (QED) is 0.527. The molecule has 0 radical (unpaired) electrons. The van der Waals surface area contributed by atoms with Crippen molar-refractivity contribution in [2.45, 2.75) is 75.6 Å². The van der Waals surface area contributed by atoms with Gasteiger partial charge in [-0.1, -0.05) is 57.4 Å². The maximum absolute atomic E-state index is 13.7. The average Bonchev–Trinajstić information content (AvgIpc) is 3.17. The molecule has 1 aliphatic heterocycles. The van der Waals surface area contributed by atoms with E-state index in [-0.39, 0.29) is 41.5 Å². The number of hydrogen-bond donors (Lipinski definition) is 1. The number of benzene rings is 2. The molecule has 2 N–H and O–H groups in total. The standard InChI is InChI=1S/C28H35N3O5S/c1-19(2)21-10-12-23(13-11-21)31-26(32)18-25(28(31)34)30(27(33)22-6-4-3-5-7-22)17-16-20-8-14-24(15-9-20)37(29,35)36/h8-15,19,22,25H,3-7,16-18H2,1-2H3,(H2,29,35,36). The molecule has 8 nitrogen and oxygen atoms in total. The van der Waals surface area contributed by atoms with Crippen molar-refractivity contribution in [3.05, 3.63) is 59.7 Å². The van der Waals surface area contributed by atoms with E-state index in [1.54, 1.807) is 29.2 Å². The molecule has 9 heteroatoms. The molecule has 2 aromatic rings. The van der Waals surface area contributed by atoms with Crippen LogP contribution in [-0.2, 0) is 30.8 Å². The highest BCUT2D eigenvalue weighted by atomic mass is 32.2. The SMILES string of the molecule is CC(C)c1ccc(N2C(=O)CC(N(CCc3ccc(S(N)(=O)=O)cc3)C(=O)C3CCCCC3)C2=O)cc1. The van der Waals surface area contributed by atoms with Crippen molar-refractivity contribution in [2.75, 3.05) is 11.4 Å². The lowest BCUT2D eigenvalue weighted by molar-refractivity contribution is -0.142. The van der Waals surface area contributed by atoms with Gasteiger partial charge in [0.05, 0.1) is 17.0 Å². The lowest BCUT2D eigenvalue weighted by Crippen LogP contribution is -2.48. The first-order valence-electron chi connectivity index (χ1n) is 12.9. The van der Waals surface area contributed by atoms with Crippen LogP contribution < -0.4 is 10.0 Å². The van der Waals surface area contributed by atoms with Gasteiger partial charge in [0.15, 0.2) is 0 Å². The first kappa shape index (κ1) is 27.0. The number of hydrogen-bond acceptors (Lipinski definition) is 5. The van der Waals surface area contributed by atoms with Crippen LogP contribution in [0, 0.1) is 5.92 Å². The third-order valence-electron chi connectivity index (χ3n) is 7.45. The van der Waals surface area contributed by atoms with Crippen molar-refractivity contribution >= 4 is 33.4 Å². The number of rotatable bonds is 8. The van der Waals surface area contributed by atoms with Crippen LogP contribution in [0.5, 0.6) is 0 Å². The van der Waals surface area contributed by atoms with Gasteiger partial charge in [-0.15, -0.1) is 0 Å². The molecule has 1 unspecified atom stereocenters. The number of carbonyl (C=O) groups excluding carboxylic acids is 3. The topological polar surface area (TPSA) is 118 Å². The van der Waals surface area contributed by atoms with Crippen molar-refractivity contribution in [2.24, 2.45) is 11.1 Å². The summed E-state index contributed by atoms with van der Waals surface area (Å²) in [6.07, 6.45) is 5.00. The van der Waals surface area contributed by atoms with Crippen molar-refractivity contribution in [3.63, 3.8) is 0 Å². The van der Waals surface area contributed by atoms with Crippen LogP contribution in [0.2, 0.25) is 0 Å². The Kier molecular flexibility index (Phi) is 8.14. The minimum Gasteiger partial charge on any atom is -0.330 e. The Morgan fingerprint density at radius 3 is 2.19 bits per heavy atom. The van der Waals surface area contributed by atoms with Crippen molar-refractivity contribution < 1.29 is 22.8 Å². The monoisotopic (exact) mass is 525 g/mol. The van der Waals surface area contributed by atoms with E-state index in [1.807, 2.05) is 12.1 Å². The van der Waals surface area contributed by atoms with Crippen LogP contribution in [0.3, 0.4) is 0 Å². The lowest BCUT2D eigenvalue weighted by atomic mass is 9.87. The summed E-state index contributed by atoms with van der Waals surface area (Å²) >= 11 is 0. The molecule has 0 bridgehead atoms. The summed E-state index contributed by atoms with van der Waals surface area (Å²) in [5.41, 5.74) is 2.44. The van der Waals surface area contributed by atoms with Gasteiger partial charge in [0.1, 0.15) is 6.04 Å². The maximum Gasteiger partial charge on any atom is 0.257 e. The molecular formula is C28H35N3O5S. The molecule has 0 spiro atoms. The minimum atomic E-state index is -3.80. The molecule has 3 amide bonds. The third kappa shape index (κ3) is 6.10. The molecule has 1 saturated heterocycles. The highest BCUT2D eigenvalue weighted by Gasteiger charge is 2.45. The number of sulfonamides is 1. The fourth-order valence-electron chi connectivity index (χ4n) is 5.24. The Hall–Kier alpha value is -3.04. The largest absolute Gasteiger partial charge is 0.330 e. The molecule has 4 rings (SSSR count). The van der Waals surface area contributed by atoms with Gasteiger partial charge in [-0.05, 0) is 60.6 Å². The molecule has 1 heterocycles. The summed E-state index contributed by atoms with van der Waals surface area (Å²) in [7, 11) is -3.80. The molecule has 0 aromatic heterocycles. The van der Waals surface area contributed by atoms with E-state index in [0.717, 1.165) is 43.2 Å². The zero-order valence-electron chi connectivity index (χ0n) is 21.4. The first-order chi connectivity index (χ1) is 17.6. The molecule has 1 aliphatic carbocycles. The van der Waals surface area contributed by atoms with E-state index in [4.69, 9.17) is 5.14 Å². The molecule has 2 aliphatic rings. The zero-order chi connectivity index (χ0) is 26.7. The van der Waals surface area contributed by atoms with Gasteiger partial charge in [0.2, 0.25) is 21.8 Å². The summed E-state index contributed by atoms with van der Waals surface area (Å²) in [5, 5.41) is 5.19. The summed E-state index contributed by atoms with van der Waals surface area (Å²) in [5.74, 6) is -0.596. The van der Waals surface area contributed by atoms with E-state index >= 15 is 0 Å². The van der Waals surface area contributed by atoms with E-state index in [2.05, 4.69) is 13.8 Å². The van der Waals surface area contributed by atoms with Crippen LogP contribution in [0.25, 0.3) is 0 Å². The molecule has 198 valence electrons. The number of imide groups is 1. The summed E-state index contributed by atoms with van der Waals surface area (Å²) < 4.78 is 23.1. The average molecular weight is 526 g/mol. The van der Waals surface area contributed by atoms with Gasteiger partial charge in [-0.2, -0.15) is 0 Å². The predicted molar refractivity (Wildman–Crippen MR) is 141 cm³/mol. The fraction of sp³-hybridized carbons (Fsp3) is 0.464. The van der Waals surface area contributed by atoms with Crippen molar-refractivity contribution in [3.8, 4) is 0 Å². The molecule has 2 fully saturated rings. The number of nitrogens with two attached hydrogens (primary N) is 1. The lowest BCUT2D eigenvalue weighted by Gasteiger charge is -2.32. The number of primary sulfonamides is 1. The number of nitrogens with zero attached hydrogens (tertiary/aromatic N) is 2. The molecule has 2 aromatic carbocycles. The van der Waals surface area contributed by atoms with E-state index < -0.39 is 16.1 Å². The van der Waals surface area contributed by atoms with E-state index in [0.29, 0.717) is 18.0 Å². The second kappa shape index (κ2) is 11.1. The van der Waals surface area contributed by atoms with Crippen LogP contribution >= 0.6 is 0 Å². The fourth-order valence-corrected chi connectivity index (χ4v) is 5.75. The van der Waals surface area contributed by atoms with Gasteiger partial charge >= 0.3 is 0 Å². The van der Waals surface area contributed by atoms with Gasteiger partial charge in [0.25, 0.3) is 5.91 Å². The highest BCUT2D eigenvalue weighted by Crippen LogP contribution is 2.31. The second-order valence-electron chi connectivity index (χ2n) is 10.3. The number of anilines is 1. The van der Waals surface area contributed by atoms with E-state index in [1.165, 1.54) is 17.0 Å². The molecule has 37 heavy (non-hydrogen) atoms. The van der Waals surface area contributed by atoms with Crippen molar-refractivity contribution in [1.82, 2.24) is 4.90 Å². The smallest absolute Gasteiger partial charge is 0.257 e.